The van der Waals surface area contributed by atoms with Crippen LogP contribution in [0.1, 0.15) is 29.8 Å². The number of carbonyl (C=O) groups is 1. The summed E-state index contributed by atoms with van der Waals surface area (Å²) in [5.74, 6) is -0.750. The number of hydrogen-bond acceptors (Lipinski definition) is 6. The van der Waals surface area contributed by atoms with E-state index in [1.165, 1.54) is 12.1 Å². The second kappa shape index (κ2) is 13.0. The summed E-state index contributed by atoms with van der Waals surface area (Å²) >= 11 is 12.2. The van der Waals surface area contributed by atoms with Gasteiger partial charge in [0.15, 0.2) is 0 Å². The first kappa shape index (κ1) is 31.1. The van der Waals surface area contributed by atoms with Gasteiger partial charge in [0.25, 0.3) is 15.9 Å². The third kappa shape index (κ3) is 7.50. The third-order valence-electron chi connectivity index (χ3n) is 6.97. The normalized spacial score (nSPS) is 18.3. The van der Waals surface area contributed by atoms with Gasteiger partial charge in [0.1, 0.15) is 17.7 Å². The summed E-state index contributed by atoms with van der Waals surface area (Å²) in [5.41, 5.74) is 1.28. The van der Waals surface area contributed by atoms with Crippen molar-refractivity contribution >= 4 is 44.8 Å². The van der Waals surface area contributed by atoms with Crippen LogP contribution >= 0.6 is 23.2 Å². The minimum Gasteiger partial charge on any atom is -0.488 e. The van der Waals surface area contributed by atoms with Gasteiger partial charge in [-0.25, -0.2) is 12.8 Å². The lowest BCUT2D eigenvalue weighted by atomic mass is 9.99. The van der Waals surface area contributed by atoms with Crippen LogP contribution in [0.15, 0.2) is 65.6 Å². The topological polar surface area (TPSA) is 99.2 Å². The van der Waals surface area contributed by atoms with Crippen molar-refractivity contribution in [2.75, 3.05) is 31.5 Å². The summed E-state index contributed by atoms with van der Waals surface area (Å²) in [6, 6.07) is 13.9. The van der Waals surface area contributed by atoms with Gasteiger partial charge in [0.05, 0.1) is 33.2 Å². The second-order valence-electron chi connectivity index (χ2n) is 10.3. The lowest BCUT2D eigenvalue weighted by molar-refractivity contribution is 0.0341. The molecule has 1 aliphatic heterocycles. The van der Waals surface area contributed by atoms with E-state index < -0.39 is 21.9 Å². The van der Waals surface area contributed by atoms with E-state index in [0.717, 1.165) is 29.8 Å². The molecule has 0 aliphatic carbocycles. The molecule has 0 aromatic heterocycles. The lowest BCUT2D eigenvalue weighted by Gasteiger charge is -2.38. The number of aliphatic hydroxyl groups excluding tert-OH is 1. The van der Waals surface area contributed by atoms with E-state index in [-0.39, 0.29) is 40.7 Å². The number of hydrogen-bond donors (Lipinski definition) is 2. The molecule has 0 radical (unpaired) electrons. The Morgan fingerprint density at radius 3 is 2.49 bits per heavy atom. The second-order valence-corrected chi connectivity index (χ2v) is 12.8. The smallest absolute Gasteiger partial charge is 0.261 e. The number of likely N-dealkylation sites (N-methyl/N-ethyl adjacent to an activating group) is 1. The number of fused-ring (bicyclic) bond motifs is 1. The molecule has 0 spiro atoms. The molecular formula is C29H32Cl2FN3O5S. The van der Waals surface area contributed by atoms with Crippen molar-refractivity contribution < 1.29 is 27.4 Å². The number of nitrogens with zero attached hydrogens (tertiary/aromatic N) is 2. The van der Waals surface area contributed by atoms with Gasteiger partial charge in [-0.05, 0) is 74.1 Å². The van der Waals surface area contributed by atoms with Gasteiger partial charge in [-0.3, -0.25) is 14.4 Å². The molecule has 0 unspecified atom stereocenters. The Labute approximate surface area is 249 Å². The first-order chi connectivity index (χ1) is 19.4. The van der Waals surface area contributed by atoms with Gasteiger partial charge in [-0.2, -0.15) is 0 Å². The molecule has 0 saturated carbocycles. The summed E-state index contributed by atoms with van der Waals surface area (Å²) in [4.78, 5) is 17.2. The van der Waals surface area contributed by atoms with Crippen molar-refractivity contribution in [3.63, 3.8) is 0 Å². The number of halogens is 3. The molecule has 0 saturated heterocycles. The van der Waals surface area contributed by atoms with E-state index in [9.17, 15) is 22.7 Å². The molecule has 41 heavy (non-hydrogen) atoms. The molecule has 8 nitrogen and oxygen atoms in total. The van der Waals surface area contributed by atoms with Crippen LogP contribution in [-0.4, -0.2) is 68.1 Å². The molecule has 3 atom stereocenters. The molecule has 4 rings (SSSR count). The number of nitrogens with one attached hydrogen (secondary N) is 1. The Balaban J connectivity index is 1.62. The maximum atomic E-state index is 13.7. The predicted octanol–water partition coefficient (Wildman–Crippen LogP) is 5.29. The van der Waals surface area contributed by atoms with Crippen LogP contribution in [0.3, 0.4) is 0 Å². The van der Waals surface area contributed by atoms with E-state index in [1.54, 1.807) is 24.0 Å². The number of anilines is 1. The van der Waals surface area contributed by atoms with Crippen LogP contribution in [-0.2, 0) is 16.6 Å². The summed E-state index contributed by atoms with van der Waals surface area (Å²) in [6.07, 6.45) is -0.343. The SMILES string of the molecule is C[C@@H]1CN([C@@H](C)CO)C(=O)c2cc(NS(=O)(=O)c3ccc(F)cc3)ccc2O[C@H]1CN(C)Cc1ccc(Cl)c(Cl)c1. The van der Waals surface area contributed by atoms with Crippen LogP contribution in [0.4, 0.5) is 10.1 Å². The Bertz CT molecular complexity index is 1510. The Morgan fingerprint density at radius 2 is 1.83 bits per heavy atom. The van der Waals surface area contributed by atoms with Crippen LogP contribution in [0, 0.1) is 11.7 Å². The highest BCUT2D eigenvalue weighted by molar-refractivity contribution is 7.92. The average Bonchev–Trinajstić information content (AvgIpc) is 2.92. The van der Waals surface area contributed by atoms with Crippen molar-refractivity contribution in [1.82, 2.24) is 9.80 Å². The third-order valence-corrected chi connectivity index (χ3v) is 9.11. The molecule has 2 N–H and O–H groups in total. The minimum absolute atomic E-state index is 0.103. The molecule has 12 heteroatoms. The Hall–Kier alpha value is -2.89. The monoisotopic (exact) mass is 623 g/mol. The zero-order valence-electron chi connectivity index (χ0n) is 22.9. The highest BCUT2D eigenvalue weighted by atomic mass is 35.5. The highest BCUT2D eigenvalue weighted by Crippen LogP contribution is 2.32. The van der Waals surface area contributed by atoms with E-state index in [4.69, 9.17) is 27.9 Å². The van der Waals surface area contributed by atoms with Crippen molar-refractivity contribution in [3.8, 4) is 5.75 Å². The van der Waals surface area contributed by atoms with Crippen molar-refractivity contribution in [1.29, 1.82) is 0 Å². The van der Waals surface area contributed by atoms with Gasteiger partial charge >= 0.3 is 0 Å². The number of benzene rings is 3. The maximum absolute atomic E-state index is 13.7. The molecular weight excluding hydrogens is 592 g/mol. The van der Waals surface area contributed by atoms with Crippen LogP contribution in [0.2, 0.25) is 10.0 Å². The molecule has 1 amide bonds. The number of sulfonamides is 1. The fourth-order valence-electron chi connectivity index (χ4n) is 4.65. The average molecular weight is 625 g/mol. The standard InChI is InChI=1S/C29H32Cl2FN3O5S/c1-18-14-35(19(2)17-36)29(37)24-13-22(33-41(38,39)23-8-5-21(32)6-9-23)7-11-27(24)40-28(18)16-34(3)15-20-4-10-25(30)26(31)12-20/h4-13,18-19,28,33,36H,14-17H2,1-3H3/t18-,19+,28+/m1/s1. The minimum atomic E-state index is -4.04. The van der Waals surface area contributed by atoms with Crippen molar-refractivity contribution in [3.05, 3.63) is 87.7 Å². The van der Waals surface area contributed by atoms with Crippen LogP contribution in [0.25, 0.3) is 0 Å². The van der Waals surface area contributed by atoms with E-state index in [1.807, 2.05) is 26.1 Å². The zero-order valence-corrected chi connectivity index (χ0v) is 25.2. The van der Waals surface area contributed by atoms with E-state index in [2.05, 4.69) is 9.62 Å². The molecule has 1 heterocycles. The first-order valence-corrected chi connectivity index (χ1v) is 15.2. The number of rotatable bonds is 9. The summed E-state index contributed by atoms with van der Waals surface area (Å²) in [5, 5.41) is 10.9. The number of carbonyl (C=O) groups excluding carboxylic acids is 1. The predicted molar refractivity (Wildman–Crippen MR) is 158 cm³/mol. The maximum Gasteiger partial charge on any atom is 0.261 e. The van der Waals surface area contributed by atoms with Gasteiger partial charge in [0, 0.05) is 31.2 Å². The van der Waals surface area contributed by atoms with Gasteiger partial charge in [-0.15, -0.1) is 0 Å². The summed E-state index contributed by atoms with van der Waals surface area (Å²) < 4.78 is 48.0. The zero-order chi connectivity index (χ0) is 29.9. The van der Waals surface area contributed by atoms with Crippen LogP contribution < -0.4 is 9.46 Å². The molecule has 3 aromatic rings. The highest BCUT2D eigenvalue weighted by Gasteiger charge is 2.33. The molecule has 1 aliphatic rings. The number of ether oxygens (including phenoxy) is 1. The quantitative estimate of drug-likeness (QED) is 0.336. The molecule has 220 valence electrons. The largest absolute Gasteiger partial charge is 0.488 e. The van der Waals surface area contributed by atoms with Crippen molar-refractivity contribution in [2.45, 2.75) is 37.4 Å². The fourth-order valence-corrected chi connectivity index (χ4v) is 6.02. The fraction of sp³-hybridized carbons (Fsp3) is 0.345. The Morgan fingerprint density at radius 1 is 1.12 bits per heavy atom. The Kier molecular flexibility index (Phi) is 9.81. The van der Waals surface area contributed by atoms with Crippen molar-refractivity contribution in [2.24, 2.45) is 5.92 Å². The number of amides is 1. The van der Waals surface area contributed by atoms with E-state index in [0.29, 0.717) is 35.4 Å². The number of aliphatic hydroxyl groups is 1. The van der Waals surface area contributed by atoms with Gasteiger partial charge in [0.2, 0.25) is 0 Å². The summed E-state index contributed by atoms with van der Waals surface area (Å²) in [7, 11) is -2.09. The molecule has 0 bridgehead atoms. The van der Waals surface area contributed by atoms with E-state index >= 15 is 0 Å². The van der Waals surface area contributed by atoms with Crippen LogP contribution in [0.5, 0.6) is 5.75 Å². The van der Waals surface area contributed by atoms with Gasteiger partial charge < -0.3 is 14.7 Å². The molecule has 3 aromatic carbocycles. The lowest BCUT2D eigenvalue weighted by Crippen LogP contribution is -2.49. The molecule has 0 fully saturated rings. The first-order valence-electron chi connectivity index (χ1n) is 13.0. The van der Waals surface area contributed by atoms with Gasteiger partial charge in [-0.1, -0.05) is 36.2 Å². The summed E-state index contributed by atoms with van der Waals surface area (Å²) in [6.45, 7) is 4.90.